The van der Waals surface area contributed by atoms with Crippen molar-refractivity contribution in [2.75, 3.05) is 5.73 Å². The molecule has 6 nitrogen and oxygen atoms in total. The first-order valence-electron chi connectivity index (χ1n) is 4.82. The zero-order chi connectivity index (χ0) is 13.4. The monoisotopic (exact) mass is 254 g/mol. The maximum Gasteiger partial charge on any atom is 0.352 e. The number of rotatable bonds is 1. The van der Waals surface area contributed by atoms with Crippen LogP contribution in [0.3, 0.4) is 0 Å². The van der Waals surface area contributed by atoms with Crippen LogP contribution in [0, 0.1) is 11.6 Å². The van der Waals surface area contributed by atoms with Crippen LogP contribution < -0.4 is 17.0 Å². The summed E-state index contributed by atoms with van der Waals surface area (Å²) in [5, 5.41) is 3.46. The van der Waals surface area contributed by atoms with Gasteiger partial charge in [0.1, 0.15) is 17.7 Å². The van der Waals surface area contributed by atoms with Crippen LogP contribution >= 0.6 is 0 Å². The molecule has 0 aliphatic carbocycles. The molecular formula is C10H8F2N4O2. The van der Waals surface area contributed by atoms with Gasteiger partial charge in [0.15, 0.2) is 5.82 Å². The van der Waals surface area contributed by atoms with E-state index >= 15 is 0 Å². The van der Waals surface area contributed by atoms with Crippen molar-refractivity contribution in [3.8, 4) is 5.69 Å². The van der Waals surface area contributed by atoms with E-state index in [0.29, 0.717) is 4.68 Å². The predicted octanol–water partition coefficient (Wildman–Crippen LogP) is -0.208. The van der Waals surface area contributed by atoms with Crippen molar-refractivity contribution in [3.05, 3.63) is 50.8 Å². The van der Waals surface area contributed by atoms with Crippen molar-refractivity contribution in [1.29, 1.82) is 0 Å². The third kappa shape index (κ3) is 1.77. The smallest absolute Gasteiger partial charge is 0.352 e. The van der Waals surface area contributed by atoms with Crippen LogP contribution in [0.15, 0.2) is 27.9 Å². The molecule has 1 aromatic heterocycles. The van der Waals surface area contributed by atoms with Crippen LogP contribution in [0.1, 0.15) is 0 Å². The molecule has 2 N–H and O–H groups in total. The Labute approximate surface area is 98.9 Å². The van der Waals surface area contributed by atoms with E-state index in [1.54, 1.807) is 0 Å². The van der Waals surface area contributed by atoms with Crippen molar-refractivity contribution < 1.29 is 8.78 Å². The highest BCUT2D eigenvalue weighted by Crippen LogP contribution is 2.17. The molecule has 0 spiro atoms. The van der Waals surface area contributed by atoms with Crippen molar-refractivity contribution in [2.45, 2.75) is 0 Å². The van der Waals surface area contributed by atoms with Gasteiger partial charge in [-0.15, -0.1) is 0 Å². The molecule has 0 bridgehead atoms. The largest absolute Gasteiger partial charge is 0.396 e. The lowest BCUT2D eigenvalue weighted by atomic mass is 10.2. The van der Waals surface area contributed by atoms with E-state index in [-0.39, 0.29) is 5.69 Å². The number of nitrogens with zero attached hydrogens (tertiary/aromatic N) is 3. The van der Waals surface area contributed by atoms with Gasteiger partial charge in [-0.25, -0.2) is 13.6 Å². The summed E-state index contributed by atoms with van der Waals surface area (Å²) in [7, 11) is 1.20. The van der Waals surface area contributed by atoms with Gasteiger partial charge in [0.25, 0.3) is 5.56 Å². The highest BCUT2D eigenvalue weighted by Gasteiger charge is 2.13. The topological polar surface area (TPSA) is 82.9 Å². The molecule has 0 aliphatic heterocycles. The maximum atomic E-state index is 13.6. The molecule has 8 heteroatoms. The average Bonchev–Trinajstić information content (AvgIpc) is 2.32. The summed E-state index contributed by atoms with van der Waals surface area (Å²) in [5.41, 5.74) is 2.86. The SMILES string of the molecule is Cn1c(=O)cnn(-c2cc(F)c(N)cc2F)c1=O. The number of nitrogen functional groups attached to an aromatic ring is 1. The molecule has 94 valence electrons. The van der Waals surface area contributed by atoms with Crippen molar-refractivity contribution in [1.82, 2.24) is 14.3 Å². The fraction of sp³-hybridized carbons (Fsp3) is 0.100. The molecule has 18 heavy (non-hydrogen) atoms. The Kier molecular flexibility index (Phi) is 2.70. The van der Waals surface area contributed by atoms with Gasteiger partial charge < -0.3 is 5.73 Å². The fourth-order valence-corrected chi connectivity index (χ4v) is 1.36. The second kappa shape index (κ2) is 4.06. The summed E-state index contributed by atoms with van der Waals surface area (Å²) in [6.45, 7) is 0. The van der Waals surface area contributed by atoms with Crippen LogP contribution in [0.4, 0.5) is 14.5 Å². The average molecular weight is 254 g/mol. The second-order valence-corrected chi connectivity index (χ2v) is 3.56. The van der Waals surface area contributed by atoms with Gasteiger partial charge in [-0.1, -0.05) is 0 Å². The summed E-state index contributed by atoms with van der Waals surface area (Å²) < 4.78 is 28.2. The van der Waals surface area contributed by atoms with Crippen LogP contribution in [-0.2, 0) is 7.05 Å². The molecule has 0 aliphatic rings. The lowest BCUT2D eigenvalue weighted by molar-refractivity contribution is 0.571. The van der Waals surface area contributed by atoms with E-state index < -0.39 is 28.6 Å². The first-order chi connectivity index (χ1) is 8.41. The Hall–Kier alpha value is -2.51. The third-order valence-corrected chi connectivity index (χ3v) is 2.38. The van der Waals surface area contributed by atoms with E-state index in [0.717, 1.165) is 22.9 Å². The van der Waals surface area contributed by atoms with Gasteiger partial charge >= 0.3 is 5.69 Å². The number of halogens is 2. The Bertz CT molecular complexity index is 736. The predicted molar refractivity (Wildman–Crippen MR) is 59.4 cm³/mol. The summed E-state index contributed by atoms with van der Waals surface area (Å²) in [6.07, 6.45) is 0.828. The van der Waals surface area contributed by atoms with Gasteiger partial charge in [0.2, 0.25) is 0 Å². The molecular weight excluding hydrogens is 246 g/mol. The van der Waals surface area contributed by atoms with Crippen LogP contribution in [0.25, 0.3) is 5.69 Å². The van der Waals surface area contributed by atoms with Gasteiger partial charge in [0.05, 0.1) is 5.69 Å². The van der Waals surface area contributed by atoms with E-state index in [4.69, 9.17) is 5.73 Å². The molecule has 2 aromatic rings. The quantitative estimate of drug-likeness (QED) is 0.714. The number of hydrogen-bond acceptors (Lipinski definition) is 4. The van der Waals surface area contributed by atoms with Crippen LogP contribution in [0.2, 0.25) is 0 Å². The normalized spacial score (nSPS) is 10.6. The molecule has 0 unspecified atom stereocenters. The summed E-state index contributed by atoms with van der Waals surface area (Å²) in [4.78, 5) is 22.8. The molecule has 0 saturated heterocycles. The molecule has 0 radical (unpaired) electrons. The highest BCUT2D eigenvalue weighted by atomic mass is 19.1. The van der Waals surface area contributed by atoms with E-state index in [1.807, 2.05) is 0 Å². The Balaban J connectivity index is 2.78. The van der Waals surface area contributed by atoms with Gasteiger partial charge in [-0.2, -0.15) is 9.78 Å². The number of anilines is 1. The molecule has 0 amide bonds. The van der Waals surface area contributed by atoms with E-state index in [1.165, 1.54) is 7.05 Å². The second-order valence-electron chi connectivity index (χ2n) is 3.56. The summed E-state index contributed by atoms with van der Waals surface area (Å²) >= 11 is 0. The summed E-state index contributed by atoms with van der Waals surface area (Å²) in [6, 6.07) is 1.48. The van der Waals surface area contributed by atoms with Gasteiger partial charge in [0, 0.05) is 19.2 Å². The van der Waals surface area contributed by atoms with Gasteiger partial charge in [-0.05, 0) is 0 Å². The number of nitrogens with two attached hydrogens (primary N) is 1. The highest BCUT2D eigenvalue weighted by molar-refractivity contribution is 5.47. The van der Waals surface area contributed by atoms with E-state index in [9.17, 15) is 18.4 Å². The minimum absolute atomic E-state index is 0.380. The minimum atomic E-state index is -0.915. The Morgan fingerprint density at radius 3 is 2.56 bits per heavy atom. The number of hydrogen-bond donors (Lipinski definition) is 1. The third-order valence-electron chi connectivity index (χ3n) is 2.38. The van der Waals surface area contributed by atoms with Crippen molar-refractivity contribution in [2.24, 2.45) is 7.05 Å². The van der Waals surface area contributed by atoms with Gasteiger partial charge in [-0.3, -0.25) is 9.36 Å². The Morgan fingerprint density at radius 1 is 1.22 bits per heavy atom. The van der Waals surface area contributed by atoms with E-state index in [2.05, 4.69) is 5.10 Å². The molecule has 0 fully saturated rings. The fourth-order valence-electron chi connectivity index (χ4n) is 1.36. The number of aromatic nitrogens is 3. The van der Waals surface area contributed by atoms with Crippen LogP contribution in [-0.4, -0.2) is 14.3 Å². The van der Waals surface area contributed by atoms with Crippen molar-refractivity contribution >= 4 is 5.69 Å². The zero-order valence-electron chi connectivity index (χ0n) is 9.22. The standard InChI is InChI=1S/C10H8F2N4O2/c1-15-9(17)4-14-16(10(15)18)8-3-5(11)7(13)2-6(8)12/h2-4H,13H2,1H3. The summed E-state index contributed by atoms with van der Waals surface area (Å²) in [5.74, 6) is -1.80. The first kappa shape index (κ1) is 12.0. The first-order valence-corrected chi connectivity index (χ1v) is 4.82. The zero-order valence-corrected chi connectivity index (χ0v) is 9.22. The molecule has 2 rings (SSSR count). The lowest BCUT2D eigenvalue weighted by Gasteiger charge is -2.07. The van der Waals surface area contributed by atoms with Crippen LogP contribution in [0.5, 0.6) is 0 Å². The number of benzene rings is 1. The molecule has 0 saturated carbocycles. The maximum absolute atomic E-state index is 13.6. The molecule has 1 heterocycles. The lowest BCUT2D eigenvalue weighted by Crippen LogP contribution is -2.38. The Morgan fingerprint density at radius 2 is 1.89 bits per heavy atom. The minimum Gasteiger partial charge on any atom is -0.396 e. The molecule has 1 aromatic carbocycles. The van der Waals surface area contributed by atoms with Crippen molar-refractivity contribution in [3.63, 3.8) is 0 Å². The molecule has 0 atom stereocenters.